The van der Waals surface area contributed by atoms with Gasteiger partial charge in [0.25, 0.3) is 6.47 Å². The summed E-state index contributed by atoms with van der Waals surface area (Å²) < 4.78 is 73.6. The molecule has 12 N–H and O–H groups in total. The van der Waals surface area contributed by atoms with Gasteiger partial charge in [-0.3, -0.25) is 14.4 Å². The molecule has 566 valence electrons. The number of fused-ring (bicyclic) bond motifs is 7. The third-order valence-corrected chi connectivity index (χ3v) is 25.5. The van der Waals surface area contributed by atoms with E-state index >= 15 is 4.79 Å². The van der Waals surface area contributed by atoms with Gasteiger partial charge in [-0.1, -0.05) is 90.4 Å². The van der Waals surface area contributed by atoms with E-state index in [0.717, 1.165) is 18.8 Å². The van der Waals surface area contributed by atoms with Gasteiger partial charge in [-0.05, 0) is 135 Å². The first-order valence-corrected chi connectivity index (χ1v) is 35.4. The van der Waals surface area contributed by atoms with Crippen LogP contribution < -0.4 is 0 Å². The van der Waals surface area contributed by atoms with E-state index in [1.165, 1.54) is 6.08 Å². The highest BCUT2D eigenvalue weighted by atomic mass is 16.8. The average Bonchev–Trinajstić information content (AvgIpc) is 0.663. The predicted molar refractivity (Wildman–Crippen MR) is 345 cm³/mol. The number of aldehydes is 1. The quantitative estimate of drug-likeness (QED) is 0.0237. The SMILES string of the molecule is CC(=O)OC1C(OC(=O)/C=C\c2ccc(C)cc2)C(C)OC(OC(=O)[C@]23CCC(C)(C)C[C@H]2C2C=C[C@@H]4[C@@]5(C)CC[C@H](OC6OC(OC=O)C(O)C(OC7OCC(O)C(O)C7O)C6OC6OC(CO)C(O)C(O)C6O)[C@@](C)(C=O)[C@@H]5CC[C@@]4(C)[C@]2(C)C[C@H]3O)C1OC1CC(C)C(O)C(O)C1O. The Morgan fingerprint density at radius 1 is 0.614 bits per heavy atom. The van der Waals surface area contributed by atoms with Crippen LogP contribution in [-0.4, -0.2) is 259 Å². The monoisotopic (exact) mass is 1430 g/mol. The Kier molecular flexibility index (Phi) is 22.8. The van der Waals surface area contributed by atoms with Crippen LogP contribution in [0.4, 0.5) is 0 Å². The summed E-state index contributed by atoms with van der Waals surface area (Å²) in [5.74, 6) is -4.82. The summed E-state index contributed by atoms with van der Waals surface area (Å²) >= 11 is 0. The van der Waals surface area contributed by atoms with Crippen molar-refractivity contribution < 1.29 is 142 Å². The second-order valence-electron chi connectivity index (χ2n) is 32.1. The van der Waals surface area contributed by atoms with Crippen LogP contribution in [0.15, 0.2) is 42.5 Å². The summed E-state index contributed by atoms with van der Waals surface area (Å²) in [4.78, 5) is 69.3. The molecule has 10 aliphatic rings. The zero-order valence-corrected chi connectivity index (χ0v) is 58.7. The lowest BCUT2D eigenvalue weighted by molar-refractivity contribution is -0.410. The van der Waals surface area contributed by atoms with Gasteiger partial charge in [0.05, 0.1) is 54.6 Å². The van der Waals surface area contributed by atoms with Crippen LogP contribution in [0.2, 0.25) is 0 Å². The molecule has 0 amide bonds. The number of aliphatic hydroxyl groups excluding tert-OH is 12. The van der Waals surface area contributed by atoms with Crippen LogP contribution >= 0.6 is 0 Å². The van der Waals surface area contributed by atoms with Gasteiger partial charge >= 0.3 is 17.9 Å². The molecule has 35 atom stereocenters. The number of ether oxygens (including phenoxy) is 12. The van der Waals surface area contributed by atoms with E-state index in [1.54, 1.807) is 26.8 Å². The number of carbonyl (C=O) groups is 5. The Bertz CT molecular complexity index is 3170. The molecule has 5 saturated carbocycles. The molecule has 0 bridgehead atoms. The third-order valence-electron chi connectivity index (χ3n) is 25.5. The van der Waals surface area contributed by atoms with Gasteiger partial charge in [0.15, 0.2) is 37.2 Å². The van der Waals surface area contributed by atoms with E-state index < -0.39 is 229 Å². The number of aliphatic hydroxyl groups is 12. The zero-order chi connectivity index (χ0) is 73.5. The minimum atomic E-state index is -2.04. The van der Waals surface area contributed by atoms with Crippen molar-refractivity contribution in [3.05, 3.63) is 53.6 Å². The van der Waals surface area contributed by atoms with Crippen molar-refractivity contribution in [1.82, 2.24) is 0 Å². The molecule has 9 fully saturated rings. The first-order chi connectivity index (χ1) is 47.5. The van der Waals surface area contributed by atoms with Crippen molar-refractivity contribution in [3.63, 3.8) is 0 Å². The van der Waals surface area contributed by atoms with Gasteiger partial charge < -0.3 is 123 Å². The lowest BCUT2D eigenvalue weighted by Crippen LogP contribution is -2.70. The molecule has 0 aromatic heterocycles. The van der Waals surface area contributed by atoms with Crippen LogP contribution in [0.25, 0.3) is 6.08 Å². The topological polar surface area (TPSA) is 439 Å². The maximum atomic E-state index is 16.0. The molecule has 4 heterocycles. The number of allylic oxidation sites excluding steroid dienone is 2. The number of aryl methyl sites for hydroxylation is 1. The Balaban J connectivity index is 0.891. The van der Waals surface area contributed by atoms with Gasteiger partial charge in [-0.25, -0.2) is 4.79 Å². The van der Waals surface area contributed by atoms with Crippen LogP contribution in [0.3, 0.4) is 0 Å². The normalized spacial score (nSPS) is 49.5. The highest BCUT2D eigenvalue weighted by Crippen LogP contribution is 2.76. The summed E-state index contributed by atoms with van der Waals surface area (Å²) in [5, 5.41) is 133. The predicted octanol–water partition coefficient (Wildman–Crippen LogP) is 0.434. The molecule has 0 spiro atoms. The second-order valence-corrected chi connectivity index (χ2v) is 32.1. The molecule has 1 aromatic rings. The zero-order valence-electron chi connectivity index (χ0n) is 58.7. The lowest BCUT2D eigenvalue weighted by Gasteiger charge is -2.72. The average molecular weight is 1430 g/mol. The van der Waals surface area contributed by atoms with Crippen molar-refractivity contribution in [1.29, 1.82) is 0 Å². The lowest BCUT2D eigenvalue weighted by atomic mass is 9.32. The molecule has 29 heteroatoms. The smallest absolute Gasteiger partial charge is 0.331 e. The van der Waals surface area contributed by atoms with Crippen molar-refractivity contribution in [2.75, 3.05) is 13.2 Å². The molecule has 6 aliphatic carbocycles. The first-order valence-electron chi connectivity index (χ1n) is 35.4. The summed E-state index contributed by atoms with van der Waals surface area (Å²) in [6.45, 7) is 17.3. The number of hydrogen-bond acceptors (Lipinski definition) is 29. The highest BCUT2D eigenvalue weighted by Gasteiger charge is 2.74. The number of hydrogen-bond donors (Lipinski definition) is 12. The maximum absolute atomic E-state index is 16.0. The molecule has 101 heavy (non-hydrogen) atoms. The van der Waals surface area contributed by atoms with Gasteiger partial charge in [0.1, 0.15) is 79.5 Å². The maximum Gasteiger partial charge on any atom is 0.331 e. The number of carbonyl (C=O) groups excluding carboxylic acids is 5. The van der Waals surface area contributed by atoms with Crippen LogP contribution in [0, 0.1) is 69.0 Å². The minimum absolute atomic E-state index is 0.0210. The molecule has 4 aliphatic heterocycles. The van der Waals surface area contributed by atoms with E-state index in [2.05, 4.69) is 46.8 Å². The Morgan fingerprint density at radius 3 is 1.96 bits per heavy atom. The minimum Gasteiger partial charge on any atom is -0.455 e. The van der Waals surface area contributed by atoms with E-state index in [-0.39, 0.29) is 49.4 Å². The Labute approximate surface area is 586 Å². The van der Waals surface area contributed by atoms with Gasteiger partial charge in [0, 0.05) is 13.0 Å². The molecule has 0 radical (unpaired) electrons. The number of esters is 3. The molecule has 29 nitrogen and oxygen atoms in total. The molecule has 4 saturated heterocycles. The van der Waals surface area contributed by atoms with E-state index in [0.29, 0.717) is 37.7 Å². The molecular formula is C72H104O29. The van der Waals surface area contributed by atoms with Gasteiger partial charge in [0.2, 0.25) is 12.6 Å². The molecular weight excluding hydrogens is 1330 g/mol. The van der Waals surface area contributed by atoms with E-state index in [9.17, 15) is 80.5 Å². The molecule has 25 unspecified atom stereocenters. The van der Waals surface area contributed by atoms with Crippen molar-refractivity contribution in [3.8, 4) is 0 Å². The van der Waals surface area contributed by atoms with E-state index in [4.69, 9.17) is 56.8 Å². The standard InChI is InChI=1S/C72H104O29/c1-32-11-13-36(14-12-32)15-18-46(79)97-56-34(3)92-64(60(58(56)93-35(4)76)94-40-25-33(2)47(80)51(84)49(40)82)101-66(89)72-24-23-67(5,6)26-38(72)37-16-17-43-68(7)21-20-45(69(8,30-74)42(68)19-22-70(43,9)71(37,10)27-44(72)78)96-65-59(99-63-54(87)52(85)50(83)41(28-73)95-63)57(55(88)62(100-65)91-31-75)98-61-53(86)48(81)39(77)29-90-61/h11-18,30-31,33-34,37-45,47-65,73,77-78,80-88H,19-29H2,1-10H3/b18-15-/t33?,34?,37?,38-,39?,40?,41?,42+,43+,44+,45-,47?,48?,49?,50?,51?,52?,53?,54?,55?,56?,57?,58?,59?,60?,61?,62?,63?,64?,65?,68-,69-,70+,71+,72+/m0/s1. The summed E-state index contributed by atoms with van der Waals surface area (Å²) in [6.07, 6.45) is -31.2. The highest BCUT2D eigenvalue weighted by molar-refractivity contribution is 5.87. The number of benzene rings is 1. The summed E-state index contributed by atoms with van der Waals surface area (Å²) in [5.41, 5.74) is -3.75. The van der Waals surface area contributed by atoms with Crippen molar-refractivity contribution in [2.45, 2.75) is 281 Å². The second kappa shape index (κ2) is 29.7. The largest absolute Gasteiger partial charge is 0.455 e. The third kappa shape index (κ3) is 13.9. The molecule has 1 aromatic carbocycles. The Morgan fingerprint density at radius 2 is 1.29 bits per heavy atom. The molecule has 11 rings (SSSR count). The van der Waals surface area contributed by atoms with Crippen molar-refractivity contribution in [2.24, 2.45) is 62.1 Å². The van der Waals surface area contributed by atoms with Gasteiger partial charge in [-0.15, -0.1) is 0 Å². The summed E-state index contributed by atoms with van der Waals surface area (Å²) in [7, 11) is 0. The number of rotatable bonds is 18. The fourth-order valence-corrected chi connectivity index (χ4v) is 19.5. The van der Waals surface area contributed by atoms with E-state index in [1.807, 2.05) is 31.2 Å². The van der Waals surface area contributed by atoms with Crippen LogP contribution in [0.1, 0.15) is 131 Å². The van der Waals surface area contributed by atoms with Crippen molar-refractivity contribution >= 4 is 36.7 Å². The van der Waals surface area contributed by atoms with Crippen LogP contribution in [0.5, 0.6) is 0 Å². The fraction of sp³-hybridized carbons (Fsp3) is 0.792. The fourth-order valence-electron chi connectivity index (χ4n) is 19.5. The van der Waals surface area contributed by atoms with Gasteiger partial charge in [-0.2, -0.15) is 0 Å². The van der Waals surface area contributed by atoms with Crippen LogP contribution in [-0.2, 0) is 80.8 Å². The summed E-state index contributed by atoms with van der Waals surface area (Å²) in [6, 6.07) is 7.37. The Hall–Kier alpha value is -4.55. The first kappa shape index (κ1) is 77.5.